The Morgan fingerprint density at radius 2 is 0.781 bits per heavy atom. The van der Waals surface area contributed by atoms with Gasteiger partial charge >= 0.3 is 0 Å². The van der Waals surface area contributed by atoms with Crippen molar-refractivity contribution in [2.45, 2.75) is 0 Å². The number of nitrogens with zero attached hydrogens (tertiary/aromatic N) is 2. The van der Waals surface area contributed by atoms with Crippen LogP contribution in [0, 0.1) is 24.7 Å². The largest absolute Gasteiger partial charge is 0.268 e. The molecule has 0 N–H and O–H groups in total. The quantitative estimate of drug-likeness (QED) is 0.412. The Bertz CT molecular complexity index is 1630. The second kappa shape index (κ2) is 6.80. The van der Waals surface area contributed by atoms with Crippen molar-refractivity contribution < 1.29 is 0 Å². The third-order valence-corrected chi connectivity index (χ3v) is 5.48. The van der Waals surface area contributed by atoms with Gasteiger partial charge in [-0.1, -0.05) is 11.8 Å². The van der Waals surface area contributed by atoms with Gasteiger partial charge in [-0.3, -0.25) is 19.2 Å². The molecule has 32 heavy (non-hydrogen) atoms. The minimum absolute atomic E-state index is 0.0699. The molecule has 0 amide bonds. The monoisotopic (exact) mass is 416 g/mol. The molecule has 5 aromatic rings. The highest BCUT2D eigenvalue weighted by atomic mass is 16.2. The van der Waals surface area contributed by atoms with Crippen LogP contribution >= 0.6 is 0 Å². The number of hydrogen-bond donors (Lipinski definition) is 0. The molecule has 0 saturated heterocycles. The van der Waals surface area contributed by atoms with E-state index in [0.29, 0.717) is 22.5 Å². The standard InChI is InChI=1S/C26H12N2O4/c1-3-15-5-9-17(10-6-15)27-23(29)19-13-21-22(14-20(19)24(27)30)26(32)28(25(21)31)18-11-7-16(4-2)8-12-18/h1-2,5-14H. The molecule has 0 spiro atoms. The normalized spacial score (nSPS) is 10.9. The Labute approximate surface area is 180 Å². The molecule has 5 rings (SSSR count). The predicted octanol–water partition coefficient (Wildman–Crippen LogP) is 1.85. The Kier molecular flexibility index (Phi) is 4.05. The van der Waals surface area contributed by atoms with Crippen LogP contribution in [-0.2, 0) is 0 Å². The highest BCUT2D eigenvalue weighted by Gasteiger charge is 2.20. The summed E-state index contributed by atoms with van der Waals surface area (Å²) < 4.78 is 2.01. The molecule has 6 heteroatoms. The number of rotatable bonds is 2. The highest BCUT2D eigenvalue weighted by molar-refractivity contribution is 5.98. The number of aromatic nitrogens is 2. The molecule has 0 aliphatic rings. The second-order valence-corrected chi connectivity index (χ2v) is 7.22. The van der Waals surface area contributed by atoms with Crippen molar-refractivity contribution in [3.8, 4) is 36.1 Å². The summed E-state index contributed by atoms with van der Waals surface area (Å²) in [6.45, 7) is 0. The smallest absolute Gasteiger partial charge is 0.266 e. The minimum atomic E-state index is -0.571. The molecule has 0 radical (unpaired) electrons. The van der Waals surface area contributed by atoms with Crippen LogP contribution in [0.1, 0.15) is 11.1 Å². The van der Waals surface area contributed by atoms with Gasteiger partial charge in [0, 0.05) is 11.1 Å². The van der Waals surface area contributed by atoms with Crippen LogP contribution in [0.5, 0.6) is 0 Å². The Morgan fingerprint density at radius 3 is 1.03 bits per heavy atom. The zero-order valence-corrected chi connectivity index (χ0v) is 16.5. The fourth-order valence-electron chi connectivity index (χ4n) is 3.86. The van der Waals surface area contributed by atoms with Crippen molar-refractivity contribution in [1.29, 1.82) is 0 Å². The summed E-state index contributed by atoms with van der Waals surface area (Å²) in [6.07, 6.45) is 10.7. The predicted molar refractivity (Wildman–Crippen MR) is 123 cm³/mol. The van der Waals surface area contributed by atoms with E-state index in [2.05, 4.69) is 11.8 Å². The maximum atomic E-state index is 13.0. The molecule has 0 bridgehead atoms. The molecule has 2 aromatic heterocycles. The highest BCUT2D eigenvalue weighted by Crippen LogP contribution is 2.17. The first-order valence-electron chi connectivity index (χ1n) is 9.53. The van der Waals surface area contributed by atoms with E-state index in [9.17, 15) is 19.2 Å². The summed E-state index contributed by atoms with van der Waals surface area (Å²) in [4.78, 5) is 52.0. The van der Waals surface area contributed by atoms with E-state index in [1.165, 1.54) is 12.1 Å². The lowest BCUT2D eigenvalue weighted by Crippen LogP contribution is -2.24. The van der Waals surface area contributed by atoms with Gasteiger partial charge in [-0.25, -0.2) is 9.13 Å². The van der Waals surface area contributed by atoms with Crippen LogP contribution in [0.4, 0.5) is 0 Å². The van der Waals surface area contributed by atoms with E-state index in [4.69, 9.17) is 12.8 Å². The molecule has 0 aliphatic carbocycles. The first-order valence-corrected chi connectivity index (χ1v) is 9.53. The van der Waals surface area contributed by atoms with Crippen LogP contribution in [0.15, 0.2) is 79.8 Å². The molecule has 150 valence electrons. The SMILES string of the molecule is C#Cc1ccc(-n2c(=O)c3cc4c(=O)n(-c5ccc(C#C)cc5)c(=O)c4cc3c2=O)cc1. The van der Waals surface area contributed by atoms with Crippen LogP contribution in [-0.4, -0.2) is 9.13 Å². The Morgan fingerprint density at radius 1 is 0.500 bits per heavy atom. The van der Waals surface area contributed by atoms with Crippen LogP contribution in [0.2, 0.25) is 0 Å². The summed E-state index contributed by atoms with van der Waals surface area (Å²) in [5.41, 5.74) is -0.369. The van der Waals surface area contributed by atoms with Crippen LogP contribution in [0.25, 0.3) is 32.9 Å². The van der Waals surface area contributed by atoms with E-state index in [-0.39, 0.29) is 21.5 Å². The molecule has 0 fully saturated rings. The number of fused-ring (bicyclic) bond motifs is 2. The number of benzene rings is 3. The molecule has 3 aromatic carbocycles. The van der Waals surface area contributed by atoms with Gasteiger partial charge in [-0.15, -0.1) is 12.8 Å². The van der Waals surface area contributed by atoms with Crippen molar-refractivity contribution in [3.63, 3.8) is 0 Å². The van der Waals surface area contributed by atoms with Crippen molar-refractivity contribution in [3.05, 3.63) is 113 Å². The summed E-state index contributed by atoms with van der Waals surface area (Å²) in [5.74, 6) is 4.94. The topological polar surface area (TPSA) is 78.1 Å². The maximum Gasteiger partial charge on any atom is 0.266 e. The van der Waals surface area contributed by atoms with E-state index in [0.717, 1.165) is 9.13 Å². The Balaban J connectivity index is 1.78. The van der Waals surface area contributed by atoms with Crippen LogP contribution < -0.4 is 22.2 Å². The summed E-state index contributed by atoms with van der Waals surface area (Å²) in [7, 11) is 0. The zero-order chi connectivity index (χ0) is 22.6. The Hall–Kier alpha value is -4.94. The summed E-state index contributed by atoms with van der Waals surface area (Å²) >= 11 is 0. The molecular weight excluding hydrogens is 404 g/mol. The van der Waals surface area contributed by atoms with Gasteiger partial charge in [-0.05, 0) is 60.7 Å². The average Bonchev–Trinajstić information content (AvgIpc) is 3.22. The van der Waals surface area contributed by atoms with Gasteiger partial charge in [0.15, 0.2) is 0 Å². The third-order valence-electron chi connectivity index (χ3n) is 5.48. The lowest BCUT2D eigenvalue weighted by Gasteiger charge is -2.00. The first-order chi connectivity index (χ1) is 15.4. The fraction of sp³-hybridized carbons (Fsp3) is 0. The number of terminal acetylenes is 2. The molecule has 0 unspecified atom stereocenters. The first kappa shape index (κ1) is 19.0. The molecule has 6 nitrogen and oxygen atoms in total. The van der Waals surface area contributed by atoms with Gasteiger partial charge in [-0.2, -0.15) is 0 Å². The lowest BCUT2D eigenvalue weighted by atomic mass is 10.1. The fourth-order valence-corrected chi connectivity index (χ4v) is 3.86. The molecule has 0 aliphatic heterocycles. The van der Waals surface area contributed by atoms with E-state index >= 15 is 0 Å². The molecule has 2 heterocycles. The van der Waals surface area contributed by atoms with Gasteiger partial charge in [0.25, 0.3) is 22.2 Å². The number of hydrogen-bond acceptors (Lipinski definition) is 4. The molecule has 0 saturated carbocycles. The third kappa shape index (κ3) is 2.57. The van der Waals surface area contributed by atoms with Crippen molar-refractivity contribution in [1.82, 2.24) is 9.13 Å². The maximum absolute atomic E-state index is 13.0. The molecule has 0 atom stereocenters. The van der Waals surface area contributed by atoms with Gasteiger partial charge < -0.3 is 0 Å². The van der Waals surface area contributed by atoms with Crippen LogP contribution in [0.3, 0.4) is 0 Å². The average molecular weight is 416 g/mol. The van der Waals surface area contributed by atoms with Crippen molar-refractivity contribution >= 4 is 21.5 Å². The van der Waals surface area contributed by atoms with E-state index in [1.54, 1.807) is 48.5 Å². The van der Waals surface area contributed by atoms with Gasteiger partial charge in [0.1, 0.15) is 0 Å². The van der Waals surface area contributed by atoms with Crippen molar-refractivity contribution in [2.75, 3.05) is 0 Å². The van der Waals surface area contributed by atoms with E-state index in [1.807, 2.05) is 0 Å². The van der Waals surface area contributed by atoms with E-state index < -0.39 is 22.2 Å². The molecular formula is C26H12N2O4. The second-order valence-electron chi connectivity index (χ2n) is 7.22. The van der Waals surface area contributed by atoms with Gasteiger partial charge in [0.05, 0.1) is 32.9 Å². The van der Waals surface area contributed by atoms with Gasteiger partial charge in [0.2, 0.25) is 0 Å². The lowest BCUT2D eigenvalue weighted by molar-refractivity contribution is 0.988. The zero-order valence-electron chi connectivity index (χ0n) is 16.5. The van der Waals surface area contributed by atoms with Crippen molar-refractivity contribution in [2.24, 2.45) is 0 Å². The minimum Gasteiger partial charge on any atom is -0.268 e. The summed E-state index contributed by atoms with van der Waals surface area (Å²) in [6, 6.07) is 15.4. The summed E-state index contributed by atoms with van der Waals surface area (Å²) in [5, 5.41) is 0.279.